The molecule has 0 bridgehead atoms. The zero-order valence-corrected chi connectivity index (χ0v) is 12.7. The highest BCUT2D eigenvalue weighted by atomic mass is 16.5. The Morgan fingerprint density at radius 2 is 1.85 bits per heavy atom. The van der Waals surface area contributed by atoms with Gasteiger partial charge in [0.05, 0.1) is 5.60 Å². The van der Waals surface area contributed by atoms with E-state index in [2.05, 4.69) is 48.3 Å². The van der Waals surface area contributed by atoms with E-state index in [1.165, 1.54) is 37.3 Å². The van der Waals surface area contributed by atoms with Crippen LogP contribution in [0, 0.1) is 0 Å². The smallest absolute Gasteiger partial charge is 0.0646 e. The average molecular weight is 274 g/mol. The van der Waals surface area contributed by atoms with Gasteiger partial charge in [0.2, 0.25) is 0 Å². The number of rotatable bonds is 3. The fourth-order valence-electron chi connectivity index (χ4n) is 3.33. The minimum atomic E-state index is 0.00537. The Bertz CT molecular complexity index is 435. The van der Waals surface area contributed by atoms with E-state index in [1.807, 2.05) is 0 Å². The second kappa shape index (κ2) is 5.65. The minimum Gasteiger partial charge on any atom is -0.382 e. The fraction of sp³-hybridized carbons (Fsp3) is 0.647. The maximum atomic E-state index is 5.77. The molecule has 1 atom stereocenters. The zero-order chi connectivity index (χ0) is 14.0. The first-order valence-electron chi connectivity index (χ1n) is 7.88. The molecule has 3 nitrogen and oxygen atoms in total. The van der Waals surface area contributed by atoms with Crippen molar-refractivity contribution < 1.29 is 4.74 Å². The molecule has 0 saturated carbocycles. The van der Waals surface area contributed by atoms with E-state index >= 15 is 0 Å². The van der Waals surface area contributed by atoms with Gasteiger partial charge in [-0.1, -0.05) is 0 Å². The van der Waals surface area contributed by atoms with Gasteiger partial charge in [0.15, 0.2) is 0 Å². The number of hydrogen-bond donors (Lipinski definition) is 1. The lowest BCUT2D eigenvalue weighted by Crippen LogP contribution is -2.40. The van der Waals surface area contributed by atoms with Crippen LogP contribution in [0.3, 0.4) is 0 Å². The van der Waals surface area contributed by atoms with Crippen LogP contribution in [-0.2, 0) is 4.74 Å². The molecule has 2 saturated heterocycles. The first kappa shape index (κ1) is 13.7. The van der Waals surface area contributed by atoms with Crippen molar-refractivity contribution in [3.8, 4) is 0 Å². The number of nitrogens with one attached hydrogen (secondary N) is 1. The third-order valence-electron chi connectivity index (χ3n) is 4.41. The molecule has 0 aliphatic carbocycles. The topological polar surface area (TPSA) is 24.5 Å². The summed E-state index contributed by atoms with van der Waals surface area (Å²) in [5, 5.41) is 3.66. The zero-order valence-electron chi connectivity index (χ0n) is 12.7. The van der Waals surface area contributed by atoms with Crippen molar-refractivity contribution in [1.29, 1.82) is 0 Å². The van der Waals surface area contributed by atoms with Gasteiger partial charge >= 0.3 is 0 Å². The third-order valence-corrected chi connectivity index (χ3v) is 4.41. The SMILES string of the molecule is CC1(C)CC(Nc2ccc(N3CCCC3)cc2)CCO1. The molecule has 2 heterocycles. The average Bonchev–Trinajstić information content (AvgIpc) is 2.92. The molecule has 1 N–H and O–H groups in total. The highest BCUT2D eigenvalue weighted by Gasteiger charge is 2.28. The largest absolute Gasteiger partial charge is 0.382 e. The van der Waals surface area contributed by atoms with E-state index in [4.69, 9.17) is 4.74 Å². The first-order chi connectivity index (χ1) is 9.62. The Kier molecular flexibility index (Phi) is 3.88. The van der Waals surface area contributed by atoms with E-state index in [0.29, 0.717) is 6.04 Å². The molecule has 2 aliphatic heterocycles. The second-order valence-electron chi connectivity index (χ2n) is 6.68. The summed E-state index contributed by atoms with van der Waals surface area (Å²) in [5.41, 5.74) is 2.60. The summed E-state index contributed by atoms with van der Waals surface area (Å²) in [7, 11) is 0. The summed E-state index contributed by atoms with van der Waals surface area (Å²) >= 11 is 0. The van der Waals surface area contributed by atoms with Crippen molar-refractivity contribution >= 4 is 11.4 Å². The van der Waals surface area contributed by atoms with Crippen LogP contribution in [0.15, 0.2) is 24.3 Å². The molecule has 0 spiro atoms. The fourth-order valence-corrected chi connectivity index (χ4v) is 3.33. The third kappa shape index (κ3) is 3.26. The molecule has 110 valence electrons. The van der Waals surface area contributed by atoms with Gasteiger partial charge < -0.3 is 15.0 Å². The molecule has 1 unspecified atom stereocenters. The van der Waals surface area contributed by atoms with Crippen LogP contribution in [-0.4, -0.2) is 31.3 Å². The van der Waals surface area contributed by atoms with Gasteiger partial charge in [-0.25, -0.2) is 0 Å². The first-order valence-corrected chi connectivity index (χ1v) is 7.88. The lowest BCUT2D eigenvalue weighted by Gasteiger charge is -2.36. The van der Waals surface area contributed by atoms with Crippen molar-refractivity contribution in [3.05, 3.63) is 24.3 Å². The Balaban J connectivity index is 1.60. The highest BCUT2D eigenvalue weighted by molar-refractivity contribution is 5.55. The lowest BCUT2D eigenvalue weighted by molar-refractivity contribution is -0.0553. The molecule has 1 aromatic rings. The molecule has 0 radical (unpaired) electrons. The summed E-state index contributed by atoms with van der Waals surface area (Å²) in [5.74, 6) is 0. The Morgan fingerprint density at radius 3 is 2.50 bits per heavy atom. The summed E-state index contributed by atoms with van der Waals surface area (Å²) in [6, 6.07) is 9.46. The normalized spacial score (nSPS) is 25.7. The number of nitrogens with zero attached hydrogens (tertiary/aromatic N) is 1. The van der Waals surface area contributed by atoms with Crippen LogP contribution in [0.1, 0.15) is 39.5 Å². The Labute approximate surface area is 122 Å². The summed E-state index contributed by atoms with van der Waals surface area (Å²) in [4.78, 5) is 2.47. The van der Waals surface area contributed by atoms with Gasteiger partial charge in [0, 0.05) is 37.1 Å². The molecule has 2 aliphatic rings. The van der Waals surface area contributed by atoms with Crippen LogP contribution < -0.4 is 10.2 Å². The minimum absolute atomic E-state index is 0.00537. The molecule has 0 amide bonds. The monoisotopic (exact) mass is 274 g/mol. The van der Waals surface area contributed by atoms with E-state index in [-0.39, 0.29) is 5.60 Å². The highest BCUT2D eigenvalue weighted by Crippen LogP contribution is 2.27. The lowest BCUT2D eigenvalue weighted by atomic mass is 9.94. The van der Waals surface area contributed by atoms with Crippen molar-refractivity contribution in [2.75, 3.05) is 29.9 Å². The molecule has 0 aromatic heterocycles. The van der Waals surface area contributed by atoms with Gasteiger partial charge in [0.1, 0.15) is 0 Å². The van der Waals surface area contributed by atoms with E-state index in [9.17, 15) is 0 Å². The van der Waals surface area contributed by atoms with Gasteiger partial charge in [-0.05, 0) is 63.8 Å². The number of benzene rings is 1. The van der Waals surface area contributed by atoms with E-state index < -0.39 is 0 Å². The second-order valence-corrected chi connectivity index (χ2v) is 6.68. The Hall–Kier alpha value is -1.22. The quantitative estimate of drug-likeness (QED) is 0.910. The van der Waals surface area contributed by atoms with Crippen LogP contribution in [0.4, 0.5) is 11.4 Å². The maximum absolute atomic E-state index is 5.77. The molecular formula is C17H26N2O. The van der Waals surface area contributed by atoms with Crippen LogP contribution in [0.2, 0.25) is 0 Å². The standard InChI is InChI=1S/C17H26N2O/c1-17(2)13-15(9-12-20-17)18-14-5-7-16(8-6-14)19-10-3-4-11-19/h5-8,15,18H,3-4,9-13H2,1-2H3. The van der Waals surface area contributed by atoms with Crippen molar-refractivity contribution in [2.24, 2.45) is 0 Å². The van der Waals surface area contributed by atoms with Gasteiger partial charge in [-0.2, -0.15) is 0 Å². The van der Waals surface area contributed by atoms with Crippen LogP contribution >= 0.6 is 0 Å². The van der Waals surface area contributed by atoms with E-state index in [0.717, 1.165) is 19.4 Å². The van der Waals surface area contributed by atoms with Crippen molar-refractivity contribution in [2.45, 2.75) is 51.2 Å². The van der Waals surface area contributed by atoms with Crippen molar-refractivity contribution in [3.63, 3.8) is 0 Å². The summed E-state index contributed by atoms with van der Waals surface area (Å²) in [6.45, 7) is 7.63. The Morgan fingerprint density at radius 1 is 1.15 bits per heavy atom. The number of hydrogen-bond acceptors (Lipinski definition) is 3. The summed E-state index contributed by atoms with van der Waals surface area (Å²) in [6.07, 6.45) is 4.83. The van der Waals surface area contributed by atoms with Gasteiger partial charge in [-0.15, -0.1) is 0 Å². The van der Waals surface area contributed by atoms with Gasteiger partial charge in [0.25, 0.3) is 0 Å². The molecule has 2 fully saturated rings. The number of anilines is 2. The predicted molar refractivity (Wildman–Crippen MR) is 84.6 cm³/mol. The van der Waals surface area contributed by atoms with Crippen LogP contribution in [0.25, 0.3) is 0 Å². The summed E-state index contributed by atoms with van der Waals surface area (Å²) < 4.78 is 5.77. The molecular weight excluding hydrogens is 248 g/mol. The molecule has 3 rings (SSSR count). The molecule has 3 heteroatoms. The maximum Gasteiger partial charge on any atom is 0.0646 e. The predicted octanol–water partition coefficient (Wildman–Crippen LogP) is 3.66. The van der Waals surface area contributed by atoms with Crippen LogP contribution in [0.5, 0.6) is 0 Å². The van der Waals surface area contributed by atoms with Gasteiger partial charge in [-0.3, -0.25) is 0 Å². The molecule has 20 heavy (non-hydrogen) atoms. The van der Waals surface area contributed by atoms with Crippen molar-refractivity contribution in [1.82, 2.24) is 0 Å². The van der Waals surface area contributed by atoms with E-state index in [1.54, 1.807) is 0 Å². The number of ether oxygens (including phenoxy) is 1. The molecule has 1 aromatic carbocycles.